The molecule has 0 unspecified atom stereocenters. The van der Waals surface area contributed by atoms with Crippen LogP contribution < -0.4 is 5.73 Å². The number of amides is 1. The van der Waals surface area contributed by atoms with Gasteiger partial charge in [-0.2, -0.15) is 16.9 Å². The van der Waals surface area contributed by atoms with E-state index in [1.54, 1.807) is 23.7 Å². The zero-order chi connectivity index (χ0) is 12.4. The Hall–Kier alpha value is -1.17. The van der Waals surface area contributed by atoms with Crippen molar-refractivity contribution >= 4 is 23.4 Å². The summed E-state index contributed by atoms with van der Waals surface area (Å²) in [5, 5.41) is 6.96. The van der Waals surface area contributed by atoms with Crippen LogP contribution in [0.2, 0.25) is 0 Å². The number of nitrogens with zero attached hydrogens (tertiary/aromatic N) is 2. The van der Waals surface area contributed by atoms with Crippen LogP contribution in [-0.2, 0) is 0 Å². The van der Waals surface area contributed by atoms with E-state index in [0.29, 0.717) is 23.8 Å². The number of H-pyrrole nitrogens is 1. The Kier molecular flexibility index (Phi) is 3.61. The van der Waals surface area contributed by atoms with Gasteiger partial charge in [-0.1, -0.05) is 0 Å². The summed E-state index contributed by atoms with van der Waals surface area (Å²) < 4.78 is 0. The summed E-state index contributed by atoms with van der Waals surface area (Å²) in [5.74, 6) is 1.31. The number of nitrogen functional groups attached to an aromatic ring is 1. The molecule has 94 valence electrons. The van der Waals surface area contributed by atoms with Crippen LogP contribution in [0.15, 0.2) is 0 Å². The second kappa shape index (κ2) is 5.00. The van der Waals surface area contributed by atoms with Crippen LogP contribution in [0, 0.1) is 0 Å². The molecular formula is C11H18N4OS. The van der Waals surface area contributed by atoms with Gasteiger partial charge in [-0.15, -0.1) is 0 Å². The Morgan fingerprint density at radius 3 is 2.94 bits per heavy atom. The van der Waals surface area contributed by atoms with Crippen LogP contribution in [0.5, 0.6) is 0 Å². The summed E-state index contributed by atoms with van der Waals surface area (Å²) in [6, 6.07) is 0. The van der Waals surface area contributed by atoms with Crippen LogP contribution in [0.3, 0.4) is 0 Å². The largest absolute Gasteiger partial charge is 0.395 e. The number of thioether (sulfide) groups is 1. The molecule has 1 saturated carbocycles. The first-order valence-electron chi connectivity index (χ1n) is 5.73. The fraction of sp³-hybridized carbons (Fsp3) is 0.636. The quantitative estimate of drug-likeness (QED) is 0.830. The van der Waals surface area contributed by atoms with Gasteiger partial charge in [-0.3, -0.25) is 9.89 Å². The van der Waals surface area contributed by atoms with Crippen LogP contribution in [0.4, 0.5) is 5.69 Å². The van der Waals surface area contributed by atoms with Crippen LogP contribution in [0.1, 0.15) is 34.9 Å². The molecular weight excluding hydrogens is 236 g/mol. The van der Waals surface area contributed by atoms with Crippen molar-refractivity contribution in [2.24, 2.45) is 0 Å². The number of aromatic amines is 1. The second-order valence-corrected chi connectivity index (χ2v) is 5.38. The zero-order valence-corrected chi connectivity index (χ0v) is 11.0. The predicted molar refractivity (Wildman–Crippen MR) is 70.3 cm³/mol. The van der Waals surface area contributed by atoms with Gasteiger partial charge in [0.1, 0.15) is 0 Å². The third kappa shape index (κ3) is 2.57. The van der Waals surface area contributed by atoms with E-state index in [2.05, 4.69) is 10.2 Å². The van der Waals surface area contributed by atoms with Crippen LogP contribution >= 0.6 is 11.8 Å². The van der Waals surface area contributed by atoms with E-state index in [0.717, 1.165) is 24.3 Å². The van der Waals surface area contributed by atoms with Gasteiger partial charge >= 0.3 is 0 Å². The molecule has 2 rings (SSSR count). The van der Waals surface area contributed by atoms with Gasteiger partial charge in [0.05, 0.1) is 11.4 Å². The lowest BCUT2D eigenvalue weighted by molar-refractivity contribution is 0.0799. The van der Waals surface area contributed by atoms with E-state index in [4.69, 9.17) is 5.73 Å². The summed E-state index contributed by atoms with van der Waals surface area (Å²) in [5.41, 5.74) is 7.81. The lowest BCUT2D eigenvalue weighted by atomic mass is 10.2. The fourth-order valence-electron chi connectivity index (χ4n) is 1.72. The third-order valence-electron chi connectivity index (χ3n) is 3.00. The minimum atomic E-state index is -0.0975. The smallest absolute Gasteiger partial charge is 0.276 e. The SMILES string of the molecule is CSCCN(C)C(=O)c1n[nH]c(C2CC2)c1N. The van der Waals surface area contributed by atoms with Crippen molar-refractivity contribution in [1.82, 2.24) is 15.1 Å². The van der Waals surface area contributed by atoms with E-state index < -0.39 is 0 Å². The maximum absolute atomic E-state index is 12.1. The normalized spacial score (nSPS) is 14.9. The van der Waals surface area contributed by atoms with Crippen molar-refractivity contribution < 1.29 is 4.79 Å². The van der Waals surface area contributed by atoms with Crippen LogP contribution in [-0.4, -0.2) is 46.6 Å². The summed E-state index contributed by atoms with van der Waals surface area (Å²) >= 11 is 1.71. The fourth-order valence-corrected chi connectivity index (χ4v) is 2.18. The standard InChI is InChI=1S/C11H18N4OS/c1-15(5-6-17-2)11(16)10-8(12)9(13-14-10)7-3-4-7/h7H,3-6,12H2,1-2H3,(H,13,14). The number of carbonyl (C=O) groups excluding carboxylic acids is 1. The van der Waals surface area contributed by atoms with Gasteiger partial charge in [0.2, 0.25) is 0 Å². The van der Waals surface area contributed by atoms with Crippen molar-refractivity contribution in [2.75, 3.05) is 31.3 Å². The number of nitrogens with two attached hydrogens (primary N) is 1. The van der Waals surface area contributed by atoms with Gasteiger partial charge in [-0.05, 0) is 19.1 Å². The highest BCUT2D eigenvalue weighted by molar-refractivity contribution is 7.98. The number of rotatable bonds is 5. The van der Waals surface area contributed by atoms with Crippen molar-refractivity contribution in [1.29, 1.82) is 0 Å². The van der Waals surface area contributed by atoms with Crippen molar-refractivity contribution in [3.63, 3.8) is 0 Å². The molecule has 17 heavy (non-hydrogen) atoms. The molecule has 0 atom stereocenters. The molecule has 1 aliphatic carbocycles. The molecule has 0 bridgehead atoms. The van der Waals surface area contributed by atoms with Gasteiger partial charge in [0, 0.05) is 25.3 Å². The zero-order valence-electron chi connectivity index (χ0n) is 10.2. The highest BCUT2D eigenvalue weighted by atomic mass is 32.2. The van der Waals surface area contributed by atoms with E-state index in [9.17, 15) is 4.79 Å². The van der Waals surface area contributed by atoms with Gasteiger partial charge < -0.3 is 10.6 Å². The lowest BCUT2D eigenvalue weighted by Crippen LogP contribution is -2.29. The number of anilines is 1. The molecule has 1 fully saturated rings. The molecule has 1 amide bonds. The average Bonchev–Trinajstić information content (AvgIpc) is 3.09. The number of hydrogen-bond acceptors (Lipinski definition) is 4. The molecule has 0 spiro atoms. The predicted octanol–water partition coefficient (Wildman–Crippen LogP) is 1.30. The van der Waals surface area contributed by atoms with E-state index in [1.807, 2.05) is 6.26 Å². The Morgan fingerprint density at radius 1 is 1.65 bits per heavy atom. The first-order valence-corrected chi connectivity index (χ1v) is 7.12. The van der Waals surface area contributed by atoms with E-state index in [-0.39, 0.29) is 5.91 Å². The minimum Gasteiger partial charge on any atom is -0.395 e. The number of carbonyl (C=O) groups is 1. The molecule has 1 heterocycles. The third-order valence-corrected chi connectivity index (χ3v) is 3.59. The number of aromatic nitrogens is 2. The molecule has 1 aromatic heterocycles. The first kappa shape index (κ1) is 12.3. The monoisotopic (exact) mass is 254 g/mol. The summed E-state index contributed by atoms with van der Waals surface area (Å²) in [6.45, 7) is 0.713. The molecule has 3 N–H and O–H groups in total. The van der Waals surface area contributed by atoms with Crippen LogP contribution in [0.25, 0.3) is 0 Å². The van der Waals surface area contributed by atoms with Gasteiger partial charge in [0.25, 0.3) is 5.91 Å². The average molecular weight is 254 g/mol. The van der Waals surface area contributed by atoms with Crippen molar-refractivity contribution in [3.05, 3.63) is 11.4 Å². The minimum absolute atomic E-state index is 0.0975. The lowest BCUT2D eigenvalue weighted by Gasteiger charge is -2.15. The second-order valence-electron chi connectivity index (χ2n) is 4.39. The molecule has 6 heteroatoms. The maximum atomic E-state index is 12.1. The summed E-state index contributed by atoms with van der Waals surface area (Å²) in [7, 11) is 1.78. The number of hydrogen-bond donors (Lipinski definition) is 2. The van der Waals surface area contributed by atoms with Crippen molar-refractivity contribution in [3.8, 4) is 0 Å². The first-order chi connectivity index (χ1) is 8.15. The topological polar surface area (TPSA) is 75.0 Å². The van der Waals surface area contributed by atoms with Gasteiger partial charge in [-0.25, -0.2) is 0 Å². The molecule has 1 aromatic rings. The maximum Gasteiger partial charge on any atom is 0.276 e. The van der Waals surface area contributed by atoms with Crippen molar-refractivity contribution in [2.45, 2.75) is 18.8 Å². The highest BCUT2D eigenvalue weighted by Gasteiger charge is 2.30. The Labute approximate surface area is 105 Å². The van der Waals surface area contributed by atoms with E-state index in [1.165, 1.54) is 0 Å². The molecule has 0 radical (unpaired) electrons. The highest BCUT2D eigenvalue weighted by Crippen LogP contribution is 2.42. The Bertz CT molecular complexity index is 414. The molecule has 0 aromatic carbocycles. The van der Waals surface area contributed by atoms with E-state index >= 15 is 0 Å². The molecule has 5 nitrogen and oxygen atoms in total. The Balaban J connectivity index is 2.08. The molecule has 0 aliphatic heterocycles. The Morgan fingerprint density at radius 2 is 2.35 bits per heavy atom. The molecule has 1 aliphatic rings. The summed E-state index contributed by atoms with van der Waals surface area (Å²) in [6.07, 6.45) is 4.30. The number of nitrogens with one attached hydrogen (secondary N) is 1. The van der Waals surface area contributed by atoms with Gasteiger partial charge in [0.15, 0.2) is 5.69 Å². The summed E-state index contributed by atoms with van der Waals surface area (Å²) in [4.78, 5) is 13.7. The molecule has 0 saturated heterocycles.